The van der Waals surface area contributed by atoms with Crippen LogP contribution in [0, 0.1) is 0 Å². The van der Waals surface area contributed by atoms with Crippen molar-refractivity contribution in [3.63, 3.8) is 0 Å². The van der Waals surface area contributed by atoms with Gasteiger partial charge in [-0.05, 0) is 19.8 Å². The minimum Gasteiger partial charge on any atom is -0.469 e. The van der Waals surface area contributed by atoms with Gasteiger partial charge in [0.05, 0.1) is 32.8 Å². The van der Waals surface area contributed by atoms with Crippen LogP contribution in [-0.4, -0.2) is 61.5 Å². The molecule has 1 unspecified atom stereocenters. The maximum Gasteiger partial charge on any atom is 0.307 e. The molecule has 1 atom stereocenters. The molecule has 1 N–H and O–H groups in total. The first-order valence-corrected chi connectivity index (χ1v) is 6.20. The Bertz CT molecular complexity index is 227. The zero-order valence-corrected chi connectivity index (χ0v) is 10.7. The van der Waals surface area contributed by atoms with E-state index in [9.17, 15) is 4.79 Å². The molecule has 17 heavy (non-hydrogen) atoms. The summed E-state index contributed by atoms with van der Waals surface area (Å²) in [5.74, 6) is -0.156. The number of rotatable bonds is 6. The van der Waals surface area contributed by atoms with Crippen LogP contribution in [0.2, 0.25) is 0 Å². The number of aliphatic hydroxyl groups is 1. The second kappa shape index (κ2) is 7.63. The van der Waals surface area contributed by atoms with E-state index in [1.165, 1.54) is 7.11 Å². The normalized spacial score (nSPS) is 20.2. The fourth-order valence-electron chi connectivity index (χ4n) is 2.16. The predicted octanol–water partition coefficient (Wildman–Crippen LogP) is 0.411. The standard InChI is InChI=1S/C12H23NO4/c1-10(9-12(15)16-2)13-5-3-11(4-6-13)17-8-7-14/h10-11,14H,3-9H2,1-2H3. The summed E-state index contributed by atoms with van der Waals surface area (Å²) < 4.78 is 10.2. The Morgan fingerprint density at radius 2 is 2.12 bits per heavy atom. The summed E-state index contributed by atoms with van der Waals surface area (Å²) >= 11 is 0. The third kappa shape index (κ3) is 5.02. The van der Waals surface area contributed by atoms with E-state index in [-0.39, 0.29) is 24.7 Å². The maximum absolute atomic E-state index is 11.2. The number of aliphatic hydroxyl groups excluding tert-OH is 1. The highest BCUT2D eigenvalue weighted by Crippen LogP contribution is 2.17. The lowest BCUT2D eigenvalue weighted by molar-refractivity contribution is -0.142. The van der Waals surface area contributed by atoms with Gasteiger partial charge in [0.15, 0.2) is 0 Å². The molecule has 1 aliphatic rings. The predicted molar refractivity (Wildman–Crippen MR) is 63.7 cm³/mol. The lowest BCUT2D eigenvalue weighted by Crippen LogP contribution is -2.43. The lowest BCUT2D eigenvalue weighted by atomic mass is 10.0. The van der Waals surface area contributed by atoms with Gasteiger partial charge in [-0.15, -0.1) is 0 Å². The van der Waals surface area contributed by atoms with Crippen molar-refractivity contribution in [2.45, 2.75) is 38.3 Å². The van der Waals surface area contributed by atoms with E-state index >= 15 is 0 Å². The summed E-state index contributed by atoms with van der Waals surface area (Å²) in [6, 6.07) is 0.223. The van der Waals surface area contributed by atoms with Crippen molar-refractivity contribution in [2.24, 2.45) is 0 Å². The zero-order chi connectivity index (χ0) is 12.7. The first-order chi connectivity index (χ1) is 8.17. The van der Waals surface area contributed by atoms with Gasteiger partial charge in [-0.1, -0.05) is 0 Å². The molecule has 0 bridgehead atoms. The maximum atomic E-state index is 11.2. The number of methoxy groups -OCH3 is 1. The van der Waals surface area contributed by atoms with Crippen LogP contribution in [0.15, 0.2) is 0 Å². The fraction of sp³-hybridized carbons (Fsp3) is 0.917. The van der Waals surface area contributed by atoms with Crippen molar-refractivity contribution in [3.8, 4) is 0 Å². The topological polar surface area (TPSA) is 59.0 Å². The van der Waals surface area contributed by atoms with E-state index in [4.69, 9.17) is 9.84 Å². The highest BCUT2D eigenvalue weighted by Gasteiger charge is 2.24. The van der Waals surface area contributed by atoms with E-state index in [1.54, 1.807) is 0 Å². The van der Waals surface area contributed by atoms with Gasteiger partial charge in [-0.3, -0.25) is 9.69 Å². The first-order valence-electron chi connectivity index (χ1n) is 6.20. The van der Waals surface area contributed by atoms with E-state index < -0.39 is 0 Å². The average molecular weight is 245 g/mol. The van der Waals surface area contributed by atoms with Crippen molar-refractivity contribution in [1.29, 1.82) is 0 Å². The number of ether oxygens (including phenoxy) is 2. The van der Waals surface area contributed by atoms with Gasteiger partial charge in [0.2, 0.25) is 0 Å². The van der Waals surface area contributed by atoms with E-state index in [1.807, 2.05) is 6.92 Å². The minimum absolute atomic E-state index is 0.0823. The van der Waals surface area contributed by atoms with Crippen LogP contribution in [0.1, 0.15) is 26.2 Å². The number of esters is 1. The van der Waals surface area contributed by atoms with Crippen LogP contribution in [-0.2, 0) is 14.3 Å². The van der Waals surface area contributed by atoms with Gasteiger partial charge in [0.1, 0.15) is 0 Å². The Labute approximate surface area is 103 Å². The molecule has 1 aliphatic heterocycles. The van der Waals surface area contributed by atoms with Crippen molar-refractivity contribution in [2.75, 3.05) is 33.4 Å². The van der Waals surface area contributed by atoms with Crippen LogP contribution < -0.4 is 0 Å². The number of nitrogens with zero attached hydrogens (tertiary/aromatic N) is 1. The summed E-state index contributed by atoms with van der Waals surface area (Å²) in [6.07, 6.45) is 2.62. The van der Waals surface area contributed by atoms with Crippen LogP contribution in [0.3, 0.4) is 0 Å². The molecule has 1 heterocycles. The molecule has 0 aromatic rings. The fourth-order valence-corrected chi connectivity index (χ4v) is 2.16. The molecular weight excluding hydrogens is 222 g/mol. The molecule has 0 radical (unpaired) electrons. The molecule has 1 rings (SSSR count). The Morgan fingerprint density at radius 3 is 2.65 bits per heavy atom. The SMILES string of the molecule is COC(=O)CC(C)N1CCC(OCCO)CC1. The summed E-state index contributed by atoms with van der Waals surface area (Å²) in [5.41, 5.74) is 0. The Kier molecular flexibility index (Phi) is 6.47. The van der Waals surface area contributed by atoms with Gasteiger partial charge < -0.3 is 14.6 Å². The summed E-state index contributed by atoms with van der Waals surface area (Å²) in [6.45, 7) is 4.43. The van der Waals surface area contributed by atoms with Crippen molar-refractivity contribution >= 4 is 5.97 Å². The van der Waals surface area contributed by atoms with Crippen LogP contribution >= 0.6 is 0 Å². The molecule has 0 saturated carbocycles. The van der Waals surface area contributed by atoms with Gasteiger partial charge >= 0.3 is 5.97 Å². The van der Waals surface area contributed by atoms with Crippen LogP contribution in [0.25, 0.3) is 0 Å². The van der Waals surface area contributed by atoms with Crippen LogP contribution in [0.5, 0.6) is 0 Å². The largest absolute Gasteiger partial charge is 0.469 e. The lowest BCUT2D eigenvalue weighted by Gasteiger charge is -2.35. The van der Waals surface area contributed by atoms with Gasteiger partial charge in [0.25, 0.3) is 0 Å². The zero-order valence-electron chi connectivity index (χ0n) is 10.7. The van der Waals surface area contributed by atoms with Gasteiger partial charge in [-0.25, -0.2) is 0 Å². The van der Waals surface area contributed by atoms with Gasteiger partial charge in [0, 0.05) is 19.1 Å². The van der Waals surface area contributed by atoms with E-state index in [0.717, 1.165) is 25.9 Å². The quantitative estimate of drug-likeness (QED) is 0.687. The number of carbonyl (C=O) groups is 1. The molecular formula is C12H23NO4. The summed E-state index contributed by atoms with van der Waals surface area (Å²) in [7, 11) is 1.42. The van der Waals surface area contributed by atoms with Crippen molar-refractivity contribution < 1.29 is 19.4 Å². The minimum atomic E-state index is -0.156. The molecule has 0 aromatic carbocycles. The molecule has 1 saturated heterocycles. The highest BCUT2D eigenvalue weighted by atomic mass is 16.5. The Morgan fingerprint density at radius 1 is 1.47 bits per heavy atom. The number of hydrogen-bond donors (Lipinski definition) is 1. The molecule has 1 fully saturated rings. The average Bonchev–Trinajstić information content (AvgIpc) is 2.36. The summed E-state index contributed by atoms with van der Waals surface area (Å²) in [4.78, 5) is 13.5. The number of likely N-dealkylation sites (tertiary alicyclic amines) is 1. The first kappa shape index (κ1) is 14.4. The Hall–Kier alpha value is -0.650. The highest BCUT2D eigenvalue weighted by molar-refractivity contribution is 5.69. The number of hydrogen-bond acceptors (Lipinski definition) is 5. The Balaban J connectivity index is 2.23. The van der Waals surface area contributed by atoms with Crippen molar-refractivity contribution in [3.05, 3.63) is 0 Å². The van der Waals surface area contributed by atoms with E-state index in [0.29, 0.717) is 13.0 Å². The molecule has 5 heteroatoms. The second-order valence-corrected chi connectivity index (χ2v) is 4.46. The smallest absolute Gasteiger partial charge is 0.307 e. The molecule has 0 aliphatic carbocycles. The number of carbonyl (C=O) groups excluding carboxylic acids is 1. The van der Waals surface area contributed by atoms with Crippen molar-refractivity contribution in [1.82, 2.24) is 4.90 Å². The summed E-state index contributed by atoms with van der Waals surface area (Å²) in [5, 5.41) is 8.68. The third-order valence-corrected chi connectivity index (χ3v) is 3.23. The monoisotopic (exact) mass is 245 g/mol. The third-order valence-electron chi connectivity index (χ3n) is 3.23. The second-order valence-electron chi connectivity index (χ2n) is 4.46. The molecule has 0 amide bonds. The van der Waals surface area contributed by atoms with Crippen LogP contribution in [0.4, 0.5) is 0 Å². The van der Waals surface area contributed by atoms with E-state index in [2.05, 4.69) is 9.64 Å². The molecule has 100 valence electrons. The molecule has 0 spiro atoms. The molecule has 5 nitrogen and oxygen atoms in total. The molecule has 0 aromatic heterocycles. The van der Waals surface area contributed by atoms with Gasteiger partial charge in [-0.2, -0.15) is 0 Å². The number of piperidine rings is 1.